The highest BCUT2D eigenvalue weighted by Crippen LogP contribution is 2.32. The van der Waals surface area contributed by atoms with Crippen molar-refractivity contribution in [2.75, 3.05) is 19.8 Å². The predicted octanol–water partition coefficient (Wildman–Crippen LogP) is 3.16. The summed E-state index contributed by atoms with van der Waals surface area (Å²) in [5.41, 5.74) is -1.49. The van der Waals surface area contributed by atoms with Gasteiger partial charge in [-0.1, -0.05) is 18.2 Å². The highest BCUT2D eigenvalue weighted by molar-refractivity contribution is 6.01. The Morgan fingerprint density at radius 2 is 2.09 bits per heavy atom. The molecule has 1 aromatic carbocycles. The van der Waals surface area contributed by atoms with Gasteiger partial charge in [-0.2, -0.15) is 18.4 Å². The van der Waals surface area contributed by atoms with Gasteiger partial charge in [-0.15, -0.1) is 0 Å². The lowest BCUT2D eigenvalue weighted by Crippen LogP contribution is -2.26. The molecule has 1 aromatic rings. The molecule has 4 nitrogen and oxygen atoms in total. The number of ether oxygens (including phenoxy) is 1. The number of nitrogens with zero attached hydrogens (tertiary/aromatic N) is 1. The average Bonchev–Trinajstić information content (AvgIpc) is 2.51. The predicted molar refractivity (Wildman–Crippen MR) is 79.2 cm³/mol. The van der Waals surface area contributed by atoms with Gasteiger partial charge in [-0.3, -0.25) is 4.79 Å². The van der Waals surface area contributed by atoms with E-state index in [2.05, 4.69) is 5.32 Å². The van der Waals surface area contributed by atoms with Crippen molar-refractivity contribution in [2.24, 2.45) is 0 Å². The van der Waals surface area contributed by atoms with Crippen molar-refractivity contribution in [3.05, 3.63) is 41.0 Å². The van der Waals surface area contributed by atoms with Gasteiger partial charge in [0.2, 0.25) is 0 Å². The third-order valence-corrected chi connectivity index (χ3v) is 2.89. The van der Waals surface area contributed by atoms with Crippen LogP contribution in [0.1, 0.15) is 24.5 Å². The first-order valence-electron chi connectivity index (χ1n) is 7.04. The topological polar surface area (TPSA) is 62.1 Å². The van der Waals surface area contributed by atoms with E-state index in [-0.39, 0.29) is 17.7 Å². The van der Waals surface area contributed by atoms with Crippen LogP contribution in [-0.2, 0) is 15.7 Å². The monoisotopic (exact) mass is 326 g/mol. The molecule has 0 atom stereocenters. The molecule has 0 saturated carbocycles. The van der Waals surface area contributed by atoms with Crippen molar-refractivity contribution in [2.45, 2.75) is 19.5 Å². The second-order valence-corrected chi connectivity index (χ2v) is 4.56. The molecule has 0 unspecified atom stereocenters. The first-order valence-corrected chi connectivity index (χ1v) is 7.04. The Kier molecular flexibility index (Phi) is 7.29. The molecule has 0 radical (unpaired) electrons. The van der Waals surface area contributed by atoms with E-state index in [1.165, 1.54) is 18.2 Å². The highest BCUT2D eigenvalue weighted by Gasteiger charge is 2.32. The fourth-order valence-corrected chi connectivity index (χ4v) is 1.80. The lowest BCUT2D eigenvalue weighted by Gasteiger charge is -2.10. The fraction of sp³-hybridized carbons (Fsp3) is 0.375. The molecule has 1 rings (SSSR count). The molecule has 124 valence electrons. The Bertz CT molecular complexity index is 604. The van der Waals surface area contributed by atoms with Crippen molar-refractivity contribution >= 4 is 12.0 Å². The Balaban J connectivity index is 2.84. The molecule has 0 aromatic heterocycles. The summed E-state index contributed by atoms with van der Waals surface area (Å²) in [7, 11) is 0. The molecular weight excluding hydrogens is 309 g/mol. The maximum absolute atomic E-state index is 12.9. The minimum Gasteiger partial charge on any atom is -0.382 e. The summed E-state index contributed by atoms with van der Waals surface area (Å²) in [6.07, 6.45) is -3.06. The maximum Gasteiger partial charge on any atom is 0.416 e. The lowest BCUT2D eigenvalue weighted by molar-refractivity contribution is -0.137. The van der Waals surface area contributed by atoms with Crippen molar-refractivity contribution in [1.82, 2.24) is 5.32 Å². The number of rotatable bonds is 7. The van der Waals surface area contributed by atoms with Gasteiger partial charge in [-0.25, -0.2) is 0 Å². The van der Waals surface area contributed by atoms with Gasteiger partial charge in [0.05, 0.1) is 5.56 Å². The molecule has 1 N–H and O–H groups in total. The molecule has 0 aliphatic carbocycles. The molecule has 0 saturated heterocycles. The van der Waals surface area contributed by atoms with Gasteiger partial charge in [0, 0.05) is 19.8 Å². The molecule has 0 heterocycles. The van der Waals surface area contributed by atoms with E-state index in [1.54, 1.807) is 6.07 Å². The van der Waals surface area contributed by atoms with Crippen molar-refractivity contribution in [3.63, 3.8) is 0 Å². The van der Waals surface area contributed by atoms with Crippen LogP contribution >= 0.6 is 0 Å². The zero-order chi connectivity index (χ0) is 17.3. The lowest BCUT2D eigenvalue weighted by atomic mass is 10.0. The summed E-state index contributed by atoms with van der Waals surface area (Å²) >= 11 is 0. The number of carbonyl (C=O) groups excluding carboxylic acids is 1. The van der Waals surface area contributed by atoms with Gasteiger partial charge in [0.25, 0.3) is 5.91 Å². The zero-order valence-electron chi connectivity index (χ0n) is 12.6. The molecule has 0 spiro atoms. The third-order valence-electron chi connectivity index (χ3n) is 2.89. The number of amides is 1. The molecule has 1 amide bonds. The number of nitriles is 1. The minimum absolute atomic E-state index is 0.221. The summed E-state index contributed by atoms with van der Waals surface area (Å²) in [4.78, 5) is 11.8. The first-order chi connectivity index (χ1) is 10.9. The molecule has 0 fully saturated rings. The van der Waals surface area contributed by atoms with Crippen LogP contribution in [0.2, 0.25) is 0 Å². The number of halogens is 3. The minimum atomic E-state index is -4.55. The molecule has 0 aliphatic heterocycles. The maximum atomic E-state index is 12.9. The van der Waals surface area contributed by atoms with E-state index in [0.717, 1.165) is 12.1 Å². The highest BCUT2D eigenvalue weighted by atomic mass is 19.4. The Morgan fingerprint density at radius 1 is 1.39 bits per heavy atom. The van der Waals surface area contributed by atoms with Crippen LogP contribution in [0.25, 0.3) is 6.08 Å². The molecule has 7 heteroatoms. The van der Waals surface area contributed by atoms with Crippen molar-refractivity contribution < 1.29 is 22.7 Å². The largest absolute Gasteiger partial charge is 0.416 e. The van der Waals surface area contributed by atoms with E-state index in [0.29, 0.717) is 19.6 Å². The SMILES string of the molecule is CCOCCCNC(=O)/C(C#N)=C/c1ccccc1C(F)(F)F. The summed E-state index contributed by atoms with van der Waals surface area (Å²) in [5.74, 6) is -0.707. The van der Waals surface area contributed by atoms with Gasteiger partial charge in [0.1, 0.15) is 11.6 Å². The van der Waals surface area contributed by atoms with E-state index >= 15 is 0 Å². The van der Waals surface area contributed by atoms with Gasteiger partial charge < -0.3 is 10.1 Å². The third kappa shape index (κ3) is 6.12. The van der Waals surface area contributed by atoms with Gasteiger partial charge in [0.15, 0.2) is 0 Å². The summed E-state index contributed by atoms with van der Waals surface area (Å²) < 4.78 is 43.8. The average molecular weight is 326 g/mol. The second kappa shape index (κ2) is 8.96. The zero-order valence-corrected chi connectivity index (χ0v) is 12.6. The number of carbonyl (C=O) groups is 1. The number of benzene rings is 1. The quantitative estimate of drug-likeness (QED) is 0.476. The van der Waals surface area contributed by atoms with Crippen molar-refractivity contribution in [1.29, 1.82) is 5.26 Å². The van der Waals surface area contributed by atoms with Crippen LogP contribution < -0.4 is 5.32 Å². The van der Waals surface area contributed by atoms with Crippen LogP contribution in [0, 0.1) is 11.3 Å². The molecular formula is C16H17F3N2O2. The number of hydrogen-bond acceptors (Lipinski definition) is 3. The molecule has 23 heavy (non-hydrogen) atoms. The summed E-state index contributed by atoms with van der Waals surface area (Å²) in [6.45, 7) is 3.14. The van der Waals surface area contributed by atoms with Gasteiger partial charge >= 0.3 is 6.18 Å². The van der Waals surface area contributed by atoms with Crippen LogP contribution in [0.4, 0.5) is 13.2 Å². The Morgan fingerprint density at radius 3 is 2.70 bits per heavy atom. The number of alkyl halides is 3. The Labute approximate surface area is 132 Å². The summed E-state index contributed by atoms with van der Waals surface area (Å²) in [5, 5.41) is 11.5. The summed E-state index contributed by atoms with van der Waals surface area (Å²) in [6, 6.07) is 6.41. The smallest absolute Gasteiger partial charge is 0.382 e. The van der Waals surface area contributed by atoms with E-state index in [9.17, 15) is 18.0 Å². The van der Waals surface area contributed by atoms with Crippen LogP contribution in [0.15, 0.2) is 29.8 Å². The Hall–Kier alpha value is -2.33. The molecule has 0 bridgehead atoms. The standard InChI is InChI=1S/C16H17F3N2O2/c1-2-23-9-5-8-21-15(22)13(11-20)10-12-6-3-4-7-14(12)16(17,18)19/h3-4,6-7,10H,2,5,8-9H2,1H3,(H,21,22)/b13-10+. The van der Waals surface area contributed by atoms with E-state index in [1.807, 2.05) is 6.92 Å². The molecule has 0 aliphatic rings. The van der Waals surface area contributed by atoms with Crippen LogP contribution in [-0.4, -0.2) is 25.7 Å². The first kappa shape index (κ1) is 18.7. The normalized spacial score (nSPS) is 11.9. The van der Waals surface area contributed by atoms with Crippen LogP contribution in [0.3, 0.4) is 0 Å². The van der Waals surface area contributed by atoms with Crippen molar-refractivity contribution in [3.8, 4) is 6.07 Å². The van der Waals surface area contributed by atoms with Gasteiger partial charge in [-0.05, 0) is 31.1 Å². The fourth-order valence-electron chi connectivity index (χ4n) is 1.80. The van der Waals surface area contributed by atoms with E-state index < -0.39 is 17.6 Å². The second-order valence-electron chi connectivity index (χ2n) is 4.56. The van der Waals surface area contributed by atoms with Crippen LogP contribution in [0.5, 0.6) is 0 Å². The number of nitrogens with one attached hydrogen (secondary N) is 1. The number of hydrogen-bond donors (Lipinski definition) is 1. The van der Waals surface area contributed by atoms with E-state index in [4.69, 9.17) is 10.00 Å².